The van der Waals surface area contributed by atoms with Crippen LogP contribution >= 0.6 is 24.0 Å². The van der Waals surface area contributed by atoms with E-state index in [0.717, 1.165) is 38.2 Å². The largest absolute Gasteiger partial charge is 0.450 e. The van der Waals surface area contributed by atoms with E-state index in [-0.39, 0.29) is 42.0 Å². The summed E-state index contributed by atoms with van der Waals surface area (Å²) >= 11 is 0. The molecule has 2 amide bonds. The third-order valence-electron chi connectivity index (χ3n) is 5.29. The number of hydrogen-bond donors (Lipinski definition) is 3. The Morgan fingerprint density at radius 2 is 1.66 bits per heavy atom. The molecule has 8 nitrogen and oxygen atoms in total. The molecule has 1 aliphatic heterocycles. The number of halogens is 1. The minimum atomic E-state index is -0.231. The maximum atomic E-state index is 12.1. The van der Waals surface area contributed by atoms with E-state index in [1.165, 1.54) is 19.3 Å². The number of piperidine rings is 1. The van der Waals surface area contributed by atoms with E-state index < -0.39 is 0 Å². The van der Waals surface area contributed by atoms with Gasteiger partial charge in [0, 0.05) is 38.1 Å². The molecule has 1 aliphatic carbocycles. The van der Waals surface area contributed by atoms with Crippen LogP contribution in [-0.4, -0.2) is 67.7 Å². The van der Waals surface area contributed by atoms with Crippen LogP contribution in [0.5, 0.6) is 0 Å². The lowest BCUT2D eigenvalue weighted by molar-refractivity contribution is -0.121. The lowest BCUT2D eigenvalue weighted by Gasteiger charge is -2.32. The molecule has 2 rings (SSSR count). The van der Waals surface area contributed by atoms with Crippen LogP contribution < -0.4 is 16.0 Å². The highest BCUT2D eigenvalue weighted by Crippen LogP contribution is 2.17. The van der Waals surface area contributed by atoms with Gasteiger partial charge in [0.1, 0.15) is 0 Å². The fraction of sp³-hybridized carbons (Fsp3) is 0.850. The Kier molecular flexibility index (Phi) is 13.0. The summed E-state index contributed by atoms with van der Waals surface area (Å²) in [6.07, 6.45) is 7.80. The topological polar surface area (TPSA) is 95.1 Å². The van der Waals surface area contributed by atoms with Gasteiger partial charge in [-0.05, 0) is 39.5 Å². The zero-order valence-corrected chi connectivity index (χ0v) is 20.2. The number of carbonyl (C=O) groups excluding carboxylic acids is 2. The van der Waals surface area contributed by atoms with Gasteiger partial charge in [0.15, 0.2) is 5.96 Å². The fourth-order valence-corrected chi connectivity index (χ4v) is 3.75. The van der Waals surface area contributed by atoms with Crippen molar-refractivity contribution < 1.29 is 14.3 Å². The Bertz CT molecular complexity index is 518. The first-order valence-corrected chi connectivity index (χ1v) is 10.9. The zero-order valence-electron chi connectivity index (χ0n) is 17.9. The molecular formula is C20H38IN5O3. The maximum absolute atomic E-state index is 12.1. The summed E-state index contributed by atoms with van der Waals surface area (Å²) in [6, 6.07) is 0.612. The summed E-state index contributed by atoms with van der Waals surface area (Å²) in [7, 11) is 0. The van der Waals surface area contributed by atoms with Crippen molar-refractivity contribution in [2.75, 3.05) is 32.8 Å². The van der Waals surface area contributed by atoms with Crippen LogP contribution in [0.15, 0.2) is 4.99 Å². The molecule has 1 heterocycles. The summed E-state index contributed by atoms with van der Waals surface area (Å²) < 4.78 is 5.06. The zero-order chi connectivity index (χ0) is 20.2. The predicted octanol–water partition coefficient (Wildman–Crippen LogP) is 2.62. The van der Waals surface area contributed by atoms with Crippen LogP contribution in [0.4, 0.5) is 4.79 Å². The van der Waals surface area contributed by atoms with Crippen molar-refractivity contribution in [2.45, 2.75) is 77.3 Å². The molecule has 1 saturated carbocycles. The quantitative estimate of drug-likeness (QED) is 0.271. The van der Waals surface area contributed by atoms with E-state index in [0.29, 0.717) is 38.7 Å². The summed E-state index contributed by atoms with van der Waals surface area (Å²) in [5.74, 6) is 0.830. The second kappa shape index (κ2) is 14.7. The minimum Gasteiger partial charge on any atom is -0.450 e. The number of nitrogens with one attached hydrogen (secondary N) is 3. The van der Waals surface area contributed by atoms with E-state index in [4.69, 9.17) is 4.74 Å². The van der Waals surface area contributed by atoms with Crippen molar-refractivity contribution >= 4 is 41.9 Å². The van der Waals surface area contributed by atoms with Crippen LogP contribution in [0.3, 0.4) is 0 Å². The highest BCUT2D eigenvalue weighted by molar-refractivity contribution is 14.0. The lowest BCUT2D eigenvalue weighted by atomic mass is 9.95. The number of ether oxygens (including phenoxy) is 1. The monoisotopic (exact) mass is 523 g/mol. The maximum Gasteiger partial charge on any atom is 0.409 e. The number of aliphatic imine (C=N–C) groups is 1. The number of guanidine groups is 1. The van der Waals surface area contributed by atoms with Crippen molar-refractivity contribution in [3.63, 3.8) is 0 Å². The number of rotatable bonds is 7. The average molecular weight is 523 g/mol. The number of amides is 2. The average Bonchev–Trinajstić information content (AvgIpc) is 2.69. The van der Waals surface area contributed by atoms with Crippen LogP contribution in [0, 0.1) is 0 Å². The van der Waals surface area contributed by atoms with E-state index in [1.807, 2.05) is 13.8 Å². The van der Waals surface area contributed by atoms with Crippen LogP contribution in [0.2, 0.25) is 0 Å². The minimum absolute atomic E-state index is 0. The summed E-state index contributed by atoms with van der Waals surface area (Å²) in [5.41, 5.74) is 0. The van der Waals surface area contributed by atoms with Crippen molar-refractivity contribution in [1.29, 1.82) is 0 Å². The molecule has 168 valence electrons. The van der Waals surface area contributed by atoms with E-state index in [9.17, 15) is 9.59 Å². The summed E-state index contributed by atoms with van der Waals surface area (Å²) in [5, 5.41) is 9.81. The van der Waals surface area contributed by atoms with Crippen LogP contribution in [-0.2, 0) is 9.53 Å². The second-order valence-electron chi connectivity index (χ2n) is 7.52. The Balaban J connectivity index is 0.00000420. The van der Waals surface area contributed by atoms with Crippen LogP contribution in [0.1, 0.15) is 65.2 Å². The molecule has 9 heteroatoms. The Morgan fingerprint density at radius 1 is 1.00 bits per heavy atom. The van der Waals surface area contributed by atoms with Gasteiger partial charge in [-0.15, -0.1) is 24.0 Å². The summed E-state index contributed by atoms with van der Waals surface area (Å²) in [6.45, 7) is 6.84. The van der Waals surface area contributed by atoms with Gasteiger partial charge in [0.05, 0.1) is 13.2 Å². The molecule has 0 radical (unpaired) electrons. The van der Waals surface area contributed by atoms with Crippen molar-refractivity contribution in [3.8, 4) is 0 Å². The Labute approximate surface area is 192 Å². The van der Waals surface area contributed by atoms with Gasteiger partial charge >= 0.3 is 6.09 Å². The van der Waals surface area contributed by atoms with Crippen molar-refractivity contribution in [2.24, 2.45) is 4.99 Å². The highest BCUT2D eigenvalue weighted by Gasteiger charge is 2.24. The van der Waals surface area contributed by atoms with E-state index in [2.05, 4.69) is 20.9 Å². The van der Waals surface area contributed by atoms with Crippen LogP contribution in [0.25, 0.3) is 0 Å². The van der Waals surface area contributed by atoms with E-state index >= 15 is 0 Å². The third kappa shape index (κ3) is 9.86. The number of likely N-dealkylation sites (tertiary alicyclic amines) is 1. The predicted molar refractivity (Wildman–Crippen MR) is 126 cm³/mol. The van der Waals surface area contributed by atoms with E-state index in [1.54, 1.807) is 4.90 Å². The summed E-state index contributed by atoms with van der Waals surface area (Å²) in [4.78, 5) is 30.2. The number of hydrogen-bond acceptors (Lipinski definition) is 4. The smallest absolute Gasteiger partial charge is 0.409 e. The molecule has 0 bridgehead atoms. The fourth-order valence-electron chi connectivity index (χ4n) is 3.75. The van der Waals surface area contributed by atoms with Gasteiger partial charge in [-0.1, -0.05) is 19.3 Å². The van der Waals surface area contributed by atoms with Gasteiger partial charge in [-0.3, -0.25) is 9.79 Å². The first-order valence-electron chi connectivity index (χ1n) is 10.9. The van der Waals surface area contributed by atoms with Gasteiger partial charge < -0.3 is 25.6 Å². The second-order valence-corrected chi connectivity index (χ2v) is 7.52. The lowest BCUT2D eigenvalue weighted by Crippen LogP contribution is -2.50. The van der Waals surface area contributed by atoms with Crippen molar-refractivity contribution in [3.05, 3.63) is 0 Å². The van der Waals surface area contributed by atoms with Gasteiger partial charge in [-0.25, -0.2) is 4.79 Å². The molecule has 0 aromatic rings. The highest BCUT2D eigenvalue weighted by atomic mass is 127. The number of carbonyl (C=O) groups is 2. The molecule has 1 saturated heterocycles. The molecule has 29 heavy (non-hydrogen) atoms. The molecule has 2 aliphatic rings. The SMILES string of the molecule is CCNC(=NCCC(=O)NC1CCCCC1)NC1CCN(C(=O)OCC)CC1.I. The molecule has 0 aromatic heterocycles. The van der Waals surface area contributed by atoms with Gasteiger partial charge in [0.25, 0.3) is 0 Å². The Hall–Kier alpha value is -1.26. The first-order chi connectivity index (χ1) is 13.6. The Morgan fingerprint density at radius 3 is 2.28 bits per heavy atom. The normalized spacial score (nSPS) is 18.6. The third-order valence-corrected chi connectivity index (χ3v) is 5.29. The standard InChI is InChI=1S/C20H37N5O3.HI/c1-3-21-19(22-13-10-18(26)23-16-8-6-5-7-9-16)24-17-11-14-25(15-12-17)20(27)28-4-2;/h16-17H,3-15H2,1-2H3,(H,23,26)(H2,21,22,24);1H. The number of nitrogens with zero attached hydrogens (tertiary/aromatic N) is 2. The molecule has 2 fully saturated rings. The molecule has 0 unspecified atom stereocenters. The molecule has 0 aromatic carbocycles. The van der Waals surface area contributed by atoms with Crippen molar-refractivity contribution in [1.82, 2.24) is 20.9 Å². The first kappa shape index (κ1) is 25.8. The molecule has 0 spiro atoms. The van der Waals surface area contributed by atoms with Gasteiger partial charge in [0.2, 0.25) is 5.91 Å². The van der Waals surface area contributed by atoms with Gasteiger partial charge in [-0.2, -0.15) is 0 Å². The molecule has 0 atom stereocenters. The molecule has 3 N–H and O–H groups in total. The molecular weight excluding hydrogens is 485 g/mol.